The van der Waals surface area contributed by atoms with Crippen LogP contribution in [0, 0.1) is 0 Å². The number of H-pyrrole nitrogens is 1. The van der Waals surface area contributed by atoms with Crippen molar-refractivity contribution in [1.29, 1.82) is 0 Å². The van der Waals surface area contributed by atoms with Crippen molar-refractivity contribution in [3.63, 3.8) is 0 Å². The molecule has 5 rings (SSSR count). The van der Waals surface area contributed by atoms with Gasteiger partial charge in [-0.1, -0.05) is 35.9 Å². The van der Waals surface area contributed by atoms with Crippen LogP contribution in [0.15, 0.2) is 73.1 Å². The Morgan fingerprint density at radius 3 is 2.74 bits per heavy atom. The number of hydrogen-bond acceptors (Lipinski definition) is 6. The second-order valence-electron chi connectivity index (χ2n) is 11.3. The van der Waals surface area contributed by atoms with E-state index in [-0.39, 0.29) is 17.9 Å². The maximum absolute atomic E-state index is 13.2. The minimum atomic E-state index is -0.400. The molecule has 218 valence electrons. The molecule has 1 fully saturated rings. The zero-order chi connectivity index (χ0) is 29.7. The van der Waals surface area contributed by atoms with Crippen LogP contribution in [-0.4, -0.2) is 63.9 Å². The van der Waals surface area contributed by atoms with Crippen molar-refractivity contribution in [3.8, 4) is 11.3 Å². The van der Waals surface area contributed by atoms with E-state index in [9.17, 15) is 9.59 Å². The van der Waals surface area contributed by atoms with E-state index in [1.807, 2.05) is 49.5 Å². The summed E-state index contributed by atoms with van der Waals surface area (Å²) in [6.07, 6.45) is 10.3. The molecule has 42 heavy (non-hydrogen) atoms. The topological polar surface area (TPSA) is 115 Å². The van der Waals surface area contributed by atoms with Gasteiger partial charge in [-0.05, 0) is 77.0 Å². The van der Waals surface area contributed by atoms with Crippen LogP contribution in [-0.2, 0) is 4.79 Å². The zero-order valence-corrected chi connectivity index (χ0v) is 24.8. The van der Waals surface area contributed by atoms with Gasteiger partial charge in [0.15, 0.2) is 0 Å². The van der Waals surface area contributed by atoms with Crippen LogP contribution < -0.4 is 16.0 Å². The largest absolute Gasteiger partial charge is 0.360 e. The van der Waals surface area contributed by atoms with Gasteiger partial charge in [0, 0.05) is 58.1 Å². The summed E-state index contributed by atoms with van der Waals surface area (Å²) in [6, 6.07) is 15.0. The van der Waals surface area contributed by atoms with Crippen LogP contribution in [0.4, 0.5) is 11.6 Å². The molecule has 0 radical (unpaired) electrons. The molecule has 0 saturated heterocycles. The van der Waals surface area contributed by atoms with Crippen LogP contribution in [0.5, 0.6) is 0 Å². The Kier molecular flexibility index (Phi) is 8.89. The van der Waals surface area contributed by atoms with Crippen molar-refractivity contribution in [2.45, 2.75) is 44.2 Å². The van der Waals surface area contributed by atoms with Gasteiger partial charge in [-0.25, -0.2) is 9.97 Å². The van der Waals surface area contributed by atoms with Gasteiger partial charge in [0.2, 0.25) is 11.9 Å². The van der Waals surface area contributed by atoms with Crippen molar-refractivity contribution in [2.75, 3.05) is 31.3 Å². The first kappa shape index (κ1) is 29.3. The minimum Gasteiger partial charge on any atom is -0.360 e. The molecule has 4 aromatic rings. The van der Waals surface area contributed by atoms with Gasteiger partial charge in [-0.3, -0.25) is 9.59 Å². The fraction of sp³-hybridized carbons (Fsp3) is 0.312. The van der Waals surface area contributed by atoms with E-state index < -0.39 is 5.54 Å². The fourth-order valence-corrected chi connectivity index (χ4v) is 5.60. The first-order valence-electron chi connectivity index (χ1n) is 14.1. The molecular formula is C32H36ClN7O2. The molecule has 4 N–H and O–H groups in total. The predicted octanol–water partition coefficient (Wildman–Crippen LogP) is 5.88. The molecular weight excluding hydrogens is 550 g/mol. The quantitative estimate of drug-likeness (QED) is 0.182. The number of aromatic amines is 1. The Hall–Kier alpha value is -4.21. The molecule has 2 heterocycles. The molecule has 2 aromatic heterocycles. The number of benzene rings is 2. The van der Waals surface area contributed by atoms with Crippen molar-refractivity contribution in [2.24, 2.45) is 0 Å². The number of carbonyl (C=O) groups is 2. The fourth-order valence-electron chi connectivity index (χ4n) is 5.40. The van der Waals surface area contributed by atoms with E-state index >= 15 is 0 Å². The number of carbonyl (C=O) groups excluding carboxylic acids is 2. The molecule has 1 aliphatic carbocycles. The summed E-state index contributed by atoms with van der Waals surface area (Å²) in [5.41, 5.74) is 3.38. The summed E-state index contributed by atoms with van der Waals surface area (Å²) in [4.78, 5) is 39.7. The molecule has 10 heteroatoms. The molecule has 0 spiro atoms. The number of rotatable bonds is 9. The summed E-state index contributed by atoms with van der Waals surface area (Å²) >= 11 is 6.52. The smallest absolute Gasteiger partial charge is 0.251 e. The number of hydrogen-bond donors (Lipinski definition) is 4. The predicted molar refractivity (Wildman–Crippen MR) is 169 cm³/mol. The Labute approximate surface area is 250 Å². The third-order valence-corrected chi connectivity index (χ3v) is 7.75. The van der Waals surface area contributed by atoms with E-state index in [0.717, 1.165) is 42.1 Å². The van der Waals surface area contributed by atoms with E-state index in [1.165, 1.54) is 6.08 Å². The molecule has 9 nitrogen and oxygen atoms in total. The van der Waals surface area contributed by atoms with Crippen LogP contribution in [0.1, 0.15) is 43.0 Å². The summed E-state index contributed by atoms with van der Waals surface area (Å²) < 4.78 is 0. The first-order valence-corrected chi connectivity index (χ1v) is 14.5. The van der Waals surface area contributed by atoms with Crippen molar-refractivity contribution in [1.82, 2.24) is 25.2 Å². The highest BCUT2D eigenvalue weighted by Crippen LogP contribution is 2.34. The summed E-state index contributed by atoms with van der Waals surface area (Å²) in [5.74, 6) is 0.154. The molecule has 2 amide bonds. The number of anilines is 2. The van der Waals surface area contributed by atoms with Crippen LogP contribution in [0.25, 0.3) is 22.2 Å². The van der Waals surface area contributed by atoms with Gasteiger partial charge in [0.25, 0.3) is 5.91 Å². The number of nitrogens with zero attached hydrogens (tertiary/aromatic N) is 3. The lowest BCUT2D eigenvalue weighted by molar-refractivity contribution is -0.111. The molecule has 2 aromatic carbocycles. The summed E-state index contributed by atoms with van der Waals surface area (Å²) in [7, 11) is 3.87. The second kappa shape index (κ2) is 12.8. The molecule has 1 saturated carbocycles. The van der Waals surface area contributed by atoms with Gasteiger partial charge < -0.3 is 25.8 Å². The van der Waals surface area contributed by atoms with Gasteiger partial charge in [-0.15, -0.1) is 0 Å². The SMILES string of the molecule is CN(C)C/C=C/C(=O)Nc1ccc(C(=O)N[C@]2(C)CCC[C@H](Nc3ncc(Cl)c(-c4c[nH]c5ccccc45)n3)C2)cc1. The molecule has 0 aliphatic heterocycles. The lowest BCUT2D eigenvalue weighted by Gasteiger charge is -2.39. The van der Waals surface area contributed by atoms with Crippen molar-refractivity contribution in [3.05, 3.63) is 83.7 Å². The second-order valence-corrected chi connectivity index (χ2v) is 11.7. The average molecular weight is 586 g/mol. The highest BCUT2D eigenvalue weighted by molar-refractivity contribution is 6.33. The van der Waals surface area contributed by atoms with Crippen LogP contribution >= 0.6 is 11.6 Å². The number of fused-ring (bicyclic) bond motifs is 1. The maximum Gasteiger partial charge on any atom is 0.251 e. The van der Waals surface area contributed by atoms with E-state index in [4.69, 9.17) is 16.6 Å². The normalized spacial score (nSPS) is 18.8. The van der Waals surface area contributed by atoms with Gasteiger partial charge in [-0.2, -0.15) is 0 Å². The standard InChI is InChI=1S/C32H36ClN7O2/c1-32(39-30(42)21-12-14-22(15-13-21)36-28(41)11-7-17-40(2)3)16-6-8-23(18-32)37-31-35-20-26(33)29(38-31)25-19-34-27-10-5-4-9-24(25)27/h4-5,7,9-15,19-20,23,34H,6,8,16-18H2,1-3H3,(H,36,41)(H,39,42)(H,35,37,38)/b11-7+/t23-,32+/m0/s1. The monoisotopic (exact) mass is 585 g/mol. The number of halogens is 1. The lowest BCUT2D eigenvalue weighted by atomic mass is 9.80. The van der Waals surface area contributed by atoms with Crippen molar-refractivity contribution >= 4 is 46.0 Å². The lowest BCUT2D eigenvalue weighted by Crippen LogP contribution is -2.51. The summed E-state index contributed by atoms with van der Waals surface area (Å²) in [6.45, 7) is 2.76. The Bertz CT molecular complexity index is 1600. The highest BCUT2D eigenvalue weighted by Gasteiger charge is 2.34. The zero-order valence-electron chi connectivity index (χ0n) is 24.1. The third-order valence-electron chi connectivity index (χ3n) is 7.47. The van der Waals surface area contributed by atoms with E-state index in [2.05, 4.69) is 32.8 Å². The van der Waals surface area contributed by atoms with Crippen LogP contribution in [0.3, 0.4) is 0 Å². The Balaban J connectivity index is 1.21. The molecule has 0 bridgehead atoms. The molecule has 2 atom stereocenters. The number of likely N-dealkylation sites (N-methyl/N-ethyl adjacent to an activating group) is 1. The van der Waals surface area contributed by atoms with Gasteiger partial charge in [0.05, 0.1) is 16.9 Å². The molecule has 0 unspecified atom stereocenters. The average Bonchev–Trinajstić information content (AvgIpc) is 3.38. The number of para-hydroxylation sites is 1. The van der Waals surface area contributed by atoms with Gasteiger partial charge >= 0.3 is 0 Å². The summed E-state index contributed by atoms with van der Waals surface area (Å²) in [5, 5.41) is 11.1. The first-order chi connectivity index (χ1) is 20.2. The maximum atomic E-state index is 13.2. The Morgan fingerprint density at radius 2 is 1.95 bits per heavy atom. The van der Waals surface area contributed by atoms with E-state index in [1.54, 1.807) is 36.5 Å². The number of amides is 2. The Morgan fingerprint density at radius 1 is 1.17 bits per heavy atom. The molecule has 1 aliphatic rings. The number of nitrogens with one attached hydrogen (secondary N) is 4. The highest BCUT2D eigenvalue weighted by atomic mass is 35.5. The number of aromatic nitrogens is 3. The van der Waals surface area contributed by atoms with Crippen molar-refractivity contribution < 1.29 is 9.59 Å². The van der Waals surface area contributed by atoms with Gasteiger partial charge in [0.1, 0.15) is 0 Å². The third kappa shape index (κ3) is 7.16. The van der Waals surface area contributed by atoms with E-state index in [0.29, 0.717) is 34.5 Å². The van der Waals surface area contributed by atoms with Crippen LogP contribution in [0.2, 0.25) is 5.02 Å². The minimum absolute atomic E-state index is 0.0826.